The number of fused-ring (bicyclic) bond motifs is 1. The highest BCUT2D eigenvalue weighted by molar-refractivity contribution is 5.87. The van der Waals surface area contributed by atoms with E-state index in [-0.39, 0.29) is 6.10 Å². The number of benzene rings is 2. The van der Waals surface area contributed by atoms with Crippen molar-refractivity contribution in [1.29, 1.82) is 0 Å². The van der Waals surface area contributed by atoms with Crippen molar-refractivity contribution in [1.82, 2.24) is 5.32 Å². The zero-order valence-electron chi connectivity index (χ0n) is 12.6. The molecule has 3 heteroatoms. The second-order valence-electron chi connectivity index (χ2n) is 5.47. The van der Waals surface area contributed by atoms with Gasteiger partial charge >= 0.3 is 0 Å². The van der Waals surface area contributed by atoms with Crippen LogP contribution in [0.2, 0.25) is 0 Å². The van der Waals surface area contributed by atoms with E-state index >= 15 is 0 Å². The van der Waals surface area contributed by atoms with Crippen molar-refractivity contribution in [2.24, 2.45) is 0 Å². The van der Waals surface area contributed by atoms with Gasteiger partial charge in [-0.25, -0.2) is 0 Å². The molecule has 2 aromatic rings. The van der Waals surface area contributed by atoms with E-state index in [0.29, 0.717) is 0 Å². The van der Waals surface area contributed by atoms with Crippen LogP contribution < -0.4 is 10.1 Å². The Labute approximate surface area is 126 Å². The van der Waals surface area contributed by atoms with Crippen molar-refractivity contribution in [3.8, 4) is 5.75 Å². The van der Waals surface area contributed by atoms with Crippen molar-refractivity contribution in [2.75, 3.05) is 19.8 Å². The van der Waals surface area contributed by atoms with Crippen LogP contribution in [0.5, 0.6) is 5.75 Å². The van der Waals surface area contributed by atoms with E-state index in [0.717, 1.165) is 44.9 Å². The van der Waals surface area contributed by atoms with E-state index in [1.807, 2.05) is 0 Å². The molecular weight excluding hydrogens is 262 g/mol. The van der Waals surface area contributed by atoms with Crippen molar-refractivity contribution < 1.29 is 9.47 Å². The van der Waals surface area contributed by atoms with Crippen LogP contribution in [-0.2, 0) is 11.3 Å². The van der Waals surface area contributed by atoms with Crippen LogP contribution in [0.15, 0.2) is 36.4 Å². The first kappa shape index (κ1) is 14.4. The molecule has 0 atom stereocenters. The normalized spacial score (nSPS) is 16.2. The lowest BCUT2D eigenvalue weighted by molar-refractivity contribution is 0.0252. The molecule has 2 aromatic carbocycles. The molecule has 1 heterocycles. The van der Waals surface area contributed by atoms with E-state index in [1.54, 1.807) is 0 Å². The maximum absolute atomic E-state index is 6.27. The highest BCUT2D eigenvalue weighted by Crippen LogP contribution is 2.30. The third-order valence-corrected chi connectivity index (χ3v) is 4.01. The molecule has 1 saturated heterocycles. The third-order valence-electron chi connectivity index (χ3n) is 4.01. The number of hydrogen-bond donors (Lipinski definition) is 1. The van der Waals surface area contributed by atoms with Gasteiger partial charge in [-0.05, 0) is 23.4 Å². The average Bonchev–Trinajstić information content (AvgIpc) is 2.55. The molecule has 112 valence electrons. The topological polar surface area (TPSA) is 30.5 Å². The fourth-order valence-electron chi connectivity index (χ4n) is 2.83. The summed E-state index contributed by atoms with van der Waals surface area (Å²) in [6.45, 7) is 5.54. The van der Waals surface area contributed by atoms with Gasteiger partial charge in [-0.2, -0.15) is 0 Å². The smallest absolute Gasteiger partial charge is 0.124 e. The summed E-state index contributed by atoms with van der Waals surface area (Å²) < 4.78 is 11.7. The van der Waals surface area contributed by atoms with Crippen molar-refractivity contribution in [3.63, 3.8) is 0 Å². The van der Waals surface area contributed by atoms with Gasteiger partial charge in [0.15, 0.2) is 0 Å². The highest BCUT2D eigenvalue weighted by Gasteiger charge is 2.17. The van der Waals surface area contributed by atoms with Crippen molar-refractivity contribution >= 4 is 10.8 Å². The minimum atomic E-state index is 0.278. The van der Waals surface area contributed by atoms with Crippen LogP contribution in [-0.4, -0.2) is 25.9 Å². The van der Waals surface area contributed by atoms with Crippen LogP contribution in [0, 0.1) is 0 Å². The number of hydrogen-bond acceptors (Lipinski definition) is 3. The van der Waals surface area contributed by atoms with E-state index in [4.69, 9.17) is 9.47 Å². The fourth-order valence-corrected chi connectivity index (χ4v) is 2.83. The van der Waals surface area contributed by atoms with E-state index < -0.39 is 0 Å². The molecule has 3 rings (SSSR count). The fraction of sp³-hybridized carbons (Fsp3) is 0.444. The maximum atomic E-state index is 6.27. The molecule has 1 aliphatic heterocycles. The molecule has 1 N–H and O–H groups in total. The first-order valence-electron chi connectivity index (χ1n) is 7.84. The number of ether oxygens (including phenoxy) is 2. The van der Waals surface area contributed by atoms with Gasteiger partial charge in [0.25, 0.3) is 0 Å². The second kappa shape index (κ2) is 6.92. The molecule has 1 aliphatic rings. The summed E-state index contributed by atoms with van der Waals surface area (Å²) >= 11 is 0. The summed E-state index contributed by atoms with van der Waals surface area (Å²) in [6.07, 6.45) is 2.24. The molecular formula is C18H23NO2. The van der Waals surface area contributed by atoms with Crippen LogP contribution in [0.3, 0.4) is 0 Å². The predicted molar refractivity (Wildman–Crippen MR) is 85.8 cm³/mol. The molecule has 21 heavy (non-hydrogen) atoms. The minimum absolute atomic E-state index is 0.278. The van der Waals surface area contributed by atoms with Gasteiger partial charge in [0.05, 0.1) is 13.2 Å². The summed E-state index contributed by atoms with van der Waals surface area (Å²) in [5.74, 6) is 1.02. The van der Waals surface area contributed by atoms with Gasteiger partial charge in [-0.15, -0.1) is 0 Å². The Morgan fingerprint density at radius 3 is 2.76 bits per heavy atom. The van der Waals surface area contributed by atoms with Crippen LogP contribution >= 0.6 is 0 Å². The summed E-state index contributed by atoms with van der Waals surface area (Å²) in [4.78, 5) is 0. The van der Waals surface area contributed by atoms with Gasteiger partial charge in [-0.3, -0.25) is 0 Å². The van der Waals surface area contributed by atoms with Crippen molar-refractivity contribution in [2.45, 2.75) is 32.4 Å². The summed E-state index contributed by atoms with van der Waals surface area (Å²) in [5.41, 5.74) is 1.27. The summed E-state index contributed by atoms with van der Waals surface area (Å²) in [6, 6.07) is 12.8. The average molecular weight is 285 g/mol. The lowest BCUT2D eigenvalue weighted by Crippen LogP contribution is -2.26. The Kier molecular flexibility index (Phi) is 4.73. The molecule has 0 unspecified atom stereocenters. The van der Waals surface area contributed by atoms with Crippen LogP contribution in [0.1, 0.15) is 25.3 Å². The molecule has 0 aromatic heterocycles. The predicted octanol–water partition coefficient (Wildman–Crippen LogP) is 3.51. The van der Waals surface area contributed by atoms with Crippen LogP contribution in [0.25, 0.3) is 10.8 Å². The Bertz CT molecular complexity index is 591. The molecule has 0 saturated carbocycles. The van der Waals surface area contributed by atoms with Gasteiger partial charge in [-0.1, -0.05) is 37.3 Å². The highest BCUT2D eigenvalue weighted by atomic mass is 16.5. The summed E-state index contributed by atoms with van der Waals surface area (Å²) in [5, 5.41) is 5.98. The third kappa shape index (κ3) is 3.36. The number of rotatable bonds is 5. The van der Waals surface area contributed by atoms with E-state index in [2.05, 4.69) is 48.6 Å². The Morgan fingerprint density at radius 1 is 1.14 bits per heavy atom. The molecule has 0 bridgehead atoms. The lowest BCUT2D eigenvalue weighted by Gasteiger charge is -2.25. The quantitative estimate of drug-likeness (QED) is 0.912. The SMILES string of the molecule is CCNCc1c(OC2CCOCC2)ccc2ccccc12. The maximum Gasteiger partial charge on any atom is 0.124 e. The van der Waals surface area contributed by atoms with Crippen LogP contribution in [0.4, 0.5) is 0 Å². The van der Waals surface area contributed by atoms with Crippen molar-refractivity contribution in [3.05, 3.63) is 42.0 Å². The Hall–Kier alpha value is -1.58. The molecule has 1 fully saturated rings. The van der Waals surface area contributed by atoms with Gasteiger partial charge in [0.1, 0.15) is 11.9 Å². The molecule has 0 amide bonds. The van der Waals surface area contributed by atoms with E-state index in [9.17, 15) is 0 Å². The molecule has 0 spiro atoms. The second-order valence-corrected chi connectivity index (χ2v) is 5.47. The number of nitrogens with one attached hydrogen (secondary N) is 1. The molecule has 3 nitrogen and oxygen atoms in total. The monoisotopic (exact) mass is 285 g/mol. The van der Waals surface area contributed by atoms with E-state index in [1.165, 1.54) is 16.3 Å². The zero-order chi connectivity index (χ0) is 14.5. The minimum Gasteiger partial charge on any atom is -0.490 e. The summed E-state index contributed by atoms with van der Waals surface area (Å²) in [7, 11) is 0. The standard InChI is InChI=1S/C18H23NO2/c1-2-19-13-17-16-6-4-3-5-14(16)7-8-18(17)21-15-9-11-20-12-10-15/h3-8,15,19H,2,9-13H2,1H3. The molecule has 0 radical (unpaired) electrons. The first-order chi connectivity index (χ1) is 10.4. The Morgan fingerprint density at radius 2 is 1.95 bits per heavy atom. The van der Waals surface area contributed by atoms with Gasteiger partial charge < -0.3 is 14.8 Å². The van der Waals surface area contributed by atoms with Gasteiger partial charge in [0.2, 0.25) is 0 Å². The van der Waals surface area contributed by atoms with Gasteiger partial charge in [0, 0.05) is 24.9 Å². The largest absolute Gasteiger partial charge is 0.490 e. The zero-order valence-corrected chi connectivity index (χ0v) is 12.6. The lowest BCUT2D eigenvalue weighted by atomic mass is 10.0. The Balaban J connectivity index is 1.91. The first-order valence-corrected chi connectivity index (χ1v) is 7.84. The molecule has 0 aliphatic carbocycles.